The number of amides is 3. The summed E-state index contributed by atoms with van der Waals surface area (Å²) in [5.74, 6) is -0.967. The summed E-state index contributed by atoms with van der Waals surface area (Å²) in [6, 6.07) is 14.0. The quantitative estimate of drug-likeness (QED) is 0.392. The van der Waals surface area contributed by atoms with Crippen LogP contribution in [0.15, 0.2) is 60.1 Å². The molecule has 1 unspecified atom stereocenters. The molecule has 8 nitrogen and oxygen atoms in total. The predicted molar refractivity (Wildman–Crippen MR) is 137 cm³/mol. The van der Waals surface area contributed by atoms with Crippen LogP contribution in [0.1, 0.15) is 35.6 Å². The van der Waals surface area contributed by atoms with Crippen LogP contribution in [-0.2, 0) is 19.1 Å². The smallest absolute Gasteiger partial charge is 0.247 e. The number of rotatable bonds is 11. The lowest BCUT2D eigenvalue weighted by molar-refractivity contribution is -0.127. The van der Waals surface area contributed by atoms with Crippen molar-refractivity contribution in [1.29, 1.82) is 0 Å². The van der Waals surface area contributed by atoms with E-state index in [0.29, 0.717) is 29.5 Å². The monoisotopic (exact) mass is 494 g/mol. The highest BCUT2D eigenvalue weighted by molar-refractivity contribution is 7.13. The molecule has 0 aliphatic heterocycles. The van der Waals surface area contributed by atoms with Crippen molar-refractivity contribution in [1.82, 2.24) is 10.3 Å². The largest absolute Gasteiger partial charge is 0.383 e. The Morgan fingerprint density at radius 2 is 1.80 bits per heavy atom. The molecule has 3 amide bonds. The Balaban J connectivity index is 1.92. The van der Waals surface area contributed by atoms with Crippen molar-refractivity contribution >= 4 is 39.9 Å². The molecule has 1 aromatic heterocycles. The van der Waals surface area contributed by atoms with Crippen molar-refractivity contribution < 1.29 is 19.1 Å². The van der Waals surface area contributed by atoms with Gasteiger partial charge in [0.2, 0.25) is 17.7 Å². The lowest BCUT2D eigenvalue weighted by Gasteiger charge is -2.32. The Labute approximate surface area is 209 Å². The molecule has 9 heteroatoms. The molecule has 0 radical (unpaired) electrons. The van der Waals surface area contributed by atoms with Crippen molar-refractivity contribution in [2.75, 3.05) is 30.5 Å². The lowest BCUT2D eigenvalue weighted by atomic mass is 10.00. The summed E-state index contributed by atoms with van der Waals surface area (Å²) >= 11 is 1.31. The summed E-state index contributed by atoms with van der Waals surface area (Å²) in [4.78, 5) is 45.0. The second-order valence-electron chi connectivity index (χ2n) is 8.03. The van der Waals surface area contributed by atoms with Crippen LogP contribution < -0.4 is 15.5 Å². The standard InChI is InChI=1S/C26H30N4O4S/c1-18-8-10-20(11-9-18)24(25(33)27-14-16-34-3)30(21-7-5-4-6-19(21)2)23(32)13-12-22(31)29-26-28-15-17-35-26/h4-11,15,17,24H,12-14,16H2,1-3H3,(H,27,33)(H,28,29,31). The van der Waals surface area contributed by atoms with Gasteiger partial charge in [-0.25, -0.2) is 4.98 Å². The number of nitrogens with zero attached hydrogens (tertiary/aromatic N) is 2. The number of hydrogen-bond acceptors (Lipinski definition) is 6. The second kappa shape index (κ2) is 12.8. The Morgan fingerprint density at radius 3 is 2.46 bits per heavy atom. The van der Waals surface area contributed by atoms with Gasteiger partial charge in [-0.3, -0.25) is 19.3 Å². The van der Waals surface area contributed by atoms with Crippen LogP contribution in [0.25, 0.3) is 0 Å². The fraction of sp³-hybridized carbons (Fsp3) is 0.308. The van der Waals surface area contributed by atoms with Crippen LogP contribution in [0.4, 0.5) is 10.8 Å². The van der Waals surface area contributed by atoms with Gasteiger partial charge in [-0.2, -0.15) is 0 Å². The number of nitrogens with one attached hydrogen (secondary N) is 2. The summed E-state index contributed by atoms with van der Waals surface area (Å²) in [6.07, 6.45) is 1.49. The first-order chi connectivity index (χ1) is 16.9. The van der Waals surface area contributed by atoms with Gasteiger partial charge in [-0.1, -0.05) is 48.0 Å². The second-order valence-corrected chi connectivity index (χ2v) is 8.93. The van der Waals surface area contributed by atoms with Crippen LogP contribution in [0, 0.1) is 13.8 Å². The van der Waals surface area contributed by atoms with Gasteiger partial charge in [0.1, 0.15) is 6.04 Å². The third kappa shape index (κ3) is 7.21. The summed E-state index contributed by atoms with van der Waals surface area (Å²) in [6.45, 7) is 4.51. The number of benzene rings is 2. The van der Waals surface area contributed by atoms with Crippen molar-refractivity contribution in [3.05, 3.63) is 76.8 Å². The van der Waals surface area contributed by atoms with Gasteiger partial charge in [-0.15, -0.1) is 11.3 Å². The van der Waals surface area contributed by atoms with E-state index in [0.717, 1.165) is 11.1 Å². The molecular formula is C26H30N4O4S. The van der Waals surface area contributed by atoms with Crippen LogP contribution in [0.3, 0.4) is 0 Å². The molecule has 0 fully saturated rings. The first kappa shape index (κ1) is 26.1. The molecule has 3 aromatic rings. The van der Waals surface area contributed by atoms with Gasteiger partial charge in [-0.05, 0) is 31.0 Å². The van der Waals surface area contributed by atoms with E-state index in [1.807, 2.05) is 62.4 Å². The minimum Gasteiger partial charge on any atom is -0.383 e. The van der Waals surface area contributed by atoms with Crippen LogP contribution in [0.5, 0.6) is 0 Å². The number of ether oxygens (including phenoxy) is 1. The van der Waals surface area contributed by atoms with Crippen molar-refractivity contribution in [3.8, 4) is 0 Å². The molecule has 2 N–H and O–H groups in total. The molecule has 0 saturated heterocycles. The number of aromatic nitrogens is 1. The van der Waals surface area contributed by atoms with E-state index in [-0.39, 0.29) is 30.6 Å². The zero-order valence-electron chi connectivity index (χ0n) is 20.1. The third-order valence-electron chi connectivity index (χ3n) is 5.39. The number of para-hydroxylation sites is 1. The number of hydrogen-bond donors (Lipinski definition) is 2. The zero-order chi connectivity index (χ0) is 25.2. The summed E-state index contributed by atoms with van der Waals surface area (Å²) in [5, 5.41) is 7.81. The molecule has 3 rings (SSSR count). The molecule has 1 atom stereocenters. The normalized spacial score (nSPS) is 11.5. The molecule has 0 bridgehead atoms. The minimum atomic E-state index is -0.914. The molecule has 1 heterocycles. The van der Waals surface area contributed by atoms with Crippen molar-refractivity contribution in [2.45, 2.75) is 32.7 Å². The van der Waals surface area contributed by atoms with E-state index < -0.39 is 6.04 Å². The average molecular weight is 495 g/mol. The summed E-state index contributed by atoms with van der Waals surface area (Å²) in [5.41, 5.74) is 3.18. The van der Waals surface area contributed by atoms with Gasteiger partial charge in [0.05, 0.1) is 6.61 Å². The molecule has 0 saturated carbocycles. The third-order valence-corrected chi connectivity index (χ3v) is 6.08. The maximum Gasteiger partial charge on any atom is 0.247 e. The SMILES string of the molecule is COCCNC(=O)C(c1ccc(C)cc1)N(C(=O)CCC(=O)Nc1nccs1)c1ccccc1C. The highest BCUT2D eigenvalue weighted by atomic mass is 32.1. The fourth-order valence-corrected chi connectivity index (χ4v) is 4.14. The predicted octanol–water partition coefficient (Wildman–Crippen LogP) is 4.02. The molecular weight excluding hydrogens is 464 g/mol. The number of thiazole rings is 1. The molecule has 2 aromatic carbocycles. The number of anilines is 2. The molecule has 0 aliphatic rings. The Bertz CT molecular complexity index is 1130. The molecule has 184 valence electrons. The first-order valence-electron chi connectivity index (χ1n) is 11.3. The topological polar surface area (TPSA) is 101 Å². The molecule has 0 spiro atoms. The van der Waals surface area contributed by atoms with Crippen molar-refractivity contribution in [2.24, 2.45) is 0 Å². The van der Waals surface area contributed by atoms with Gasteiger partial charge >= 0.3 is 0 Å². The van der Waals surface area contributed by atoms with Gasteiger partial charge in [0.25, 0.3) is 0 Å². The van der Waals surface area contributed by atoms with E-state index in [4.69, 9.17) is 4.74 Å². The Morgan fingerprint density at radius 1 is 1.06 bits per heavy atom. The number of carbonyl (C=O) groups excluding carboxylic acids is 3. The van der Waals surface area contributed by atoms with E-state index in [1.165, 1.54) is 16.2 Å². The number of methoxy groups -OCH3 is 1. The van der Waals surface area contributed by atoms with Crippen LogP contribution in [-0.4, -0.2) is 43.0 Å². The van der Waals surface area contributed by atoms with E-state index >= 15 is 0 Å². The van der Waals surface area contributed by atoms with E-state index in [2.05, 4.69) is 15.6 Å². The van der Waals surface area contributed by atoms with Gasteiger partial charge in [0, 0.05) is 43.8 Å². The Kier molecular flexibility index (Phi) is 9.51. The zero-order valence-corrected chi connectivity index (χ0v) is 20.9. The number of aryl methyl sites for hydroxylation is 2. The maximum atomic E-state index is 13.6. The molecule has 35 heavy (non-hydrogen) atoms. The highest BCUT2D eigenvalue weighted by Gasteiger charge is 2.33. The fourth-order valence-electron chi connectivity index (χ4n) is 3.60. The average Bonchev–Trinajstić information content (AvgIpc) is 3.35. The summed E-state index contributed by atoms with van der Waals surface area (Å²) < 4.78 is 5.07. The van der Waals surface area contributed by atoms with Crippen LogP contribution in [0.2, 0.25) is 0 Å². The first-order valence-corrected chi connectivity index (χ1v) is 12.2. The van der Waals surface area contributed by atoms with Gasteiger partial charge < -0.3 is 15.4 Å². The van der Waals surface area contributed by atoms with Gasteiger partial charge in [0.15, 0.2) is 5.13 Å². The Hall–Kier alpha value is -3.56. The van der Waals surface area contributed by atoms with E-state index in [9.17, 15) is 14.4 Å². The molecule has 0 aliphatic carbocycles. The lowest BCUT2D eigenvalue weighted by Crippen LogP contribution is -2.45. The summed E-state index contributed by atoms with van der Waals surface area (Å²) in [7, 11) is 1.56. The van der Waals surface area contributed by atoms with Crippen LogP contribution >= 0.6 is 11.3 Å². The number of carbonyl (C=O) groups is 3. The highest BCUT2D eigenvalue weighted by Crippen LogP contribution is 2.31. The van der Waals surface area contributed by atoms with Crippen molar-refractivity contribution in [3.63, 3.8) is 0 Å². The van der Waals surface area contributed by atoms with E-state index in [1.54, 1.807) is 18.7 Å². The maximum absolute atomic E-state index is 13.6. The minimum absolute atomic E-state index is 0.0350.